The first-order chi connectivity index (χ1) is 10.2. The second-order valence-electron chi connectivity index (χ2n) is 5.02. The highest BCUT2D eigenvalue weighted by atomic mass is 16.5. The Morgan fingerprint density at radius 1 is 1.19 bits per heavy atom. The molecule has 0 bridgehead atoms. The number of benzene rings is 2. The molecule has 0 spiro atoms. The molecule has 0 saturated heterocycles. The van der Waals surface area contributed by atoms with Crippen LogP contribution >= 0.6 is 0 Å². The molecule has 3 rings (SSSR count). The van der Waals surface area contributed by atoms with Gasteiger partial charge in [-0.3, -0.25) is 0 Å². The van der Waals surface area contributed by atoms with Crippen LogP contribution in [0.15, 0.2) is 46.9 Å². The van der Waals surface area contributed by atoms with E-state index in [1.807, 2.05) is 43.3 Å². The lowest BCUT2D eigenvalue weighted by atomic mass is 10.1. The van der Waals surface area contributed by atoms with E-state index in [1.165, 1.54) is 0 Å². The maximum atomic E-state index is 5.49. The van der Waals surface area contributed by atoms with Crippen LogP contribution in [0.5, 0.6) is 5.75 Å². The zero-order valence-corrected chi connectivity index (χ0v) is 12.4. The first-order valence-electron chi connectivity index (χ1n) is 6.94. The number of nitrogens with one attached hydrogen (secondary N) is 1. The average Bonchev–Trinajstić information content (AvgIpc) is 2.86. The molecule has 2 aromatic carbocycles. The van der Waals surface area contributed by atoms with E-state index in [0.717, 1.165) is 28.1 Å². The predicted octanol–water partition coefficient (Wildman–Crippen LogP) is 4.32. The van der Waals surface area contributed by atoms with Gasteiger partial charge < -0.3 is 14.5 Å². The second-order valence-corrected chi connectivity index (χ2v) is 5.02. The van der Waals surface area contributed by atoms with Crippen molar-refractivity contribution in [1.82, 2.24) is 4.98 Å². The van der Waals surface area contributed by atoms with Crippen LogP contribution in [0.4, 0.5) is 5.69 Å². The number of ether oxygens (including phenoxy) is 1. The van der Waals surface area contributed by atoms with Crippen LogP contribution in [-0.2, 0) is 0 Å². The molecule has 0 radical (unpaired) electrons. The summed E-state index contributed by atoms with van der Waals surface area (Å²) in [6.07, 6.45) is 0. The molecule has 21 heavy (non-hydrogen) atoms. The Bertz CT molecular complexity index is 764. The summed E-state index contributed by atoms with van der Waals surface area (Å²) in [6.45, 7) is 3.96. The monoisotopic (exact) mass is 282 g/mol. The molecule has 4 nitrogen and oxygen atoms in total. The van der Waals surface area contributed by atoms with Crippen molar-refractivity contribution in [2.45, 2.75) is 19.9 Å². The number of nitrogens with zero attached hydrogens (tertiary/aromatic N) is 1. The molecule has 4 heteroatoms. The Balaban J connectivity index is 1.86. The highest BCUT2D eigenvalue weighted by Gasteiger charge is 2.11. The maximum absolute atomic E-state index is 5.49. The van der Waals surface area contributed by atoms with Gasteiger partial charge in [0.15, 0.2) is 11.5 Å². The van der Waals surface area contributed by atoms with Gasteiger partial charge in [-0.2, -0.15) is 0 Å². The van der Waals surface area contributed by atoms with Gasteiger partial charge in [0.1, 0.15) is 11.3 Å². The minimum absolute atomic E-state index is 0.131. The van der Waals surface area contributed by atoms with E-state index >= 15 is 0 Å². The van der Waals surface area contributed by atoms with Crippen LogP contribution in [0.1, 0.15) is 24.4 Å². The van der Waals surface area contributed by atoms with Crippen molar-refractivity contribution in [3.63, 3.8) is 0 Å². The smallest absolute Gasteiger partial charge is 0.192 e. The number of aromatic nitrogens is 1. The van der Waals surface area contributed by atoms with Crippen molar-refractivity contribution in [2.24, 2.45) is 0 Å². The van der Waals surface area contributed by atoms with E-state index in [0.29, 0.717) is 5.89 Å². The molecule has 0 aliphatic rings. The normalized spacial score (nSPS) is 12.3. The van der Waals surface area contributed by atoms with Crippen molar-refractivity contribution in [1.29, 1.82) is 0 Å². The van der Waals surface area contributed by atoms with Crippen LogP contribution in [0.25, 0.3) is 11.1 Å². The van der Waals surface area contributed by atoms with Crippen LogP contribution in [-0.4, -0.2) is 12.1 Å². The quantitative estimate of drug-likeness (QED) is 0.774. The Morgan fingerprint density at radius 2 is 2.00 bits per heavy atom. The lowest BCUT2D eigenvalue weighted by Crippen LogP contribution is -2.08. The zero-order chi connectivity index (χ0) is 14.8. The molecule has 1 heterocycles. The van der Waals surface area contributed by atoms with Crippen molar-refractivity contribution in [2.75, 3.05) is 12.4 Å². The van der Waals surface area contributed by atoms with Crippen molar-refractivity contribution < 1.29 is 9.15 Å². The zero-order valence-electron chi connectivity index (χ0n) is 12.4. The molecule has 0 aliphatic carbocycles. The summed E-state index contributed by atoms with van der Waals surface area (Å²) in [5, 5.41) is 3.47. The van der Waals surface area contributed by atoms with Crippen molar-refractivity contribution in [3.8, 4) is 5.75 Å². The number of methoxy groups -OCH3 is 1. The van der Waals surface area contributed by atoms with Gasteiger partial charge in [0.05, 0.1) is 13.2 Å². The van der Waals surface area contributed by atoms with Gasteiger partial charge in [0, 0.05) is 18.2 Å². The molecule has 1 aromatic heterocycles. The Kier molecular flexibility index (Phi) is 3.52. The molecule has 3 aromatic rings. The second kappa shape index (κ2) is 5.48. The molecule has 0 amide bonds. The maximum Gasteiger partial charge on any atom is 0.192 e. The number of para-hydroxylation sites is 1. The lowest BCUT2D eigenvalue weighted by molar-refractivity contribution is 0.408. The number of fused-ring (bicyclic) bond motifs is 1. The topological polar surface area (TPSA) is 47.3 Å². The Morgan fingerprint density at radius 3 is 2.81 bits per heavy atom. The minimum atomic E-state index is 0.131. The molecular formula is C17H18N2O2. The summed E-state index contributed by atoms with van der Waals surface area (Å²) in [7, 11) is 1.69. The third kappa shape index (κ3) is 2.70. The fourth-order valence-corrected chi connectivity index (χ4v) is 2.48. The summed E-state index contributed by atoms with van der Waals surface area (Å²) in [5.41, 5.74) is 3.80. The van der Waals surface area contributed by atoms with Crippen molar-refractivity contribution in [3.05, 3.63) is 53.9 Å². The third-order valence-electron chi connectivity index (χ3n) is 3.48. The van der Waals surface area contributed by atoms with Gasteiger partial charge in [0.25, 0.3) is 0 Å². The van der Waals surface area contributed by atoms with E-state index in [2.05, 4.69) is 23.3 Å². The van der Waals surface area contributed by atoms with Crippen LogP contribution in [0, 0.1) is 6.92 Å². The summed E-state index contributed by atoms with van der Waals surface area (Å²) >= 11 is 0. The van der Waals surface area contributed by atoms with Crippen LogP contribution in [0.2, 0.25) is 0 Å². The van der Waals surface area contributed by atoms with Gasteiger partial charge in [0.2, 0.25) is 0 Å². The number of aryl methyl sites for hydroxylation is 1. The van der Waals surface area contributed by atoms with E-state index in [1.54, 1.807) is 7.11 Å². The number of hydrogen-bond donors (Lipinski definition) is 1. The largest absolute Gasteiger partial charge is 0.496 e. The Hall–Kier alpha value is -2.49. The van der Waals surface area contributed by atoms with E-state index < -0.39 is 0 Å². The van der Waals surface area contributed by atoms with Gasteiger partial charge in [-0.1, -0.05) is 18.2 Å². The third-order valence-corrected chi connectivity index (χ3v) is 3.48. The molecular weight excluding hydrogens is 264 g/mol. The molecule has 108 valence electrons. The molecule has 1 N–H and O–H groups in total. The number of anilines is 1. The van der Waals surface area contributed by atoms with E-state index in [4.69, 9.17) is 9.15 Å². The summed E-state index contributed by atoms with van der Waals surface area (Å²) < 4.78 is 10.9. The molecule has 0 fully saturated rings. The number of oxazole rings is 1. The van der Waals surface area contributed by atoms with Crippen LogP contribution in [0.3, 0.4) is 0 Å². The molecule has 0 aliphatic heterocycles. The standard InChI is InChI=1S/C17H18N2O2/c1-11(14-6-4-5-7-16(14)20-3)18-13-8-9-17-15(10-13)19-12(2)21-17/h4-11,18H,1-3H3. The minimum Gasteiger partial charge on any atom is -0.496 e. The van der Waals surface area contributed by atoms with E-state index in [-0.39, 0.29) is 6.04 Å². The van der Waals surface area contributed by atoms with Gasteiger partial charge in [-0.05, 0) is 31.2 Å². The highest BCUT2D eigenvalue weighted by molar-refractivity contribution is 5.77. The first-order valence-corrected chi connectivity index (χ1v) is 6.94. The fraction of sp³-hybridized carbons (Fsp3) is 0.235. The van der Waals surface area contributed by atoms with E-state index in [9.17, 15) is 0 Å². The fourth-order valence-electron chi connectivity index (χ4n) is 2.48. The van der Waals surface area contributed by atoms with Crippen LogP contribution < -0.4 is 10.1 Å². The number of rotatable bonds is 4. The molecule has 1 unspecified atom stereocenters. The Labute approximate surface area is 123 Å². The summed E-state index contributed by atoms with van der Waals surface area (Å²) in [4.78, 5) is 4.36. The summed E-state index contributed by atoms with van der Waals surface area (Å²) in [5.74, 6) is 1.57. The lowest BCUT2D eigenvalue weighted by Gasteiger charge is -2.18. The van der Waals surface area contributed by atoms with Crippen molar-refractivity contribution >= 4 is 16.8 Å². The van der Waals surface area contributed by atoms with Gasteiger partial charge in [-0.25, -0.2) is 4.98 Å². The van der Waals surface area contributed by atoms with Gasteiger partial charge >= 0.3 is 0 Å². The first kappa shape index (κ1) is 13.5. The average molecular weight is 282 g/mol. The predicted molar refractivity (Wildman–Crippen MR) is 83.8 cm³/mol. The SMILES string of the molecule is COc1ccccc1C(C)Nc1ccc2oc(C)nc2c1. The highest BCUT2D eigenvalue weighted by Crippen LogP contribution is 2.28. The molecule has 1 atom stereocenters. The summed E-state index contributed by atoms with van der Waals surface area (Å²) in [6, 6.07) is 14.1. The molecule has 0 saturated carbocycles. The van der Waals surface area contributed by atoms with Gasteiger partial charge in [-0.15, -0.1) is 0 Å². The number of hydrogen-bond acceptors (Lipinski definition) is 4.